The summed E-state index contributed by atoms with van der Waals surface area (Å²) < 4.78 is 0. The molecule has 1 aliphatic rings. The van der Waals surface area contributed by atoms with Crippen molar-refractivity contribution in [3.05, 3.63) is 61.8 Å². The number of nitrogens with zero attached hydrogens (tertiary/aromatic N) is 2. The molecule has 0 aliphatic heterocycles. The van der Waals surface area contributed by atoms with Gasteiger partial charge in [-0.2, -0.15) is 0 Å². The van der Waals surface area contributed by atoms with Gasteiger partial charge < -0.3 is 15.6 Å². The van der Waals surface area contributed by atoms with Crippen molar-refractivity contribution in [2.24, 2.45) is 0 Å². The van der Waals surface area contributed by atoms with Crippen molar-refractivity contribution in [3.8, 4) is 11.3 Å². The number of thiophene rings is 1. The number of hydrogen-bond acceptors (Lipinski definition) is 7. The van der Waals surface area contributed by atoms with E-state index < -0.39 is 0 Å². The predicted molar refractivity (Wildman–Crippen MR) is 148 cm³/mol. The Bertz CT molecular complexity index is 1490. The lowest BCUT2D eigenvalue weighted by Gasteiger charge is -2.09. The zero-order valence-electron chi connectivity index (χ0n) is 20.7. The first kappa shape index (κ1) is 25.3. The third kappa shape index (κ3) is 6.14. The van der Waals surface area contributed by atoms with Gasteiger partial charge in [-0.05, 0) is 49.7 Å². The van der Waals surface area contributed by atoms with Crippen molar-refractivity contribution >= 4 is 49.8 Å². The number of nitrogens with one attached hydrogen (secondary N) is 3. The van der Waals surface area contributed by atoms with Gasteiger partial charge in [-0.3, -0.25) is 14.4 Å². The van der Waals surface area contributed by atoms with Crippen LogP contribution >= 0.6 is 22.7 Å². The van der Waals surface area contributed by atoms with E-state index in [1.807, 2.05) is 17.5 Å². The van der Waals surface area contributed by atoms with Gasteiger partial charge in [-0.25, -0.2) is 9.97 Å². The Kier molecular flexibility index (Phi) is 7.76. The third-order valence-corrected chi connectivity index (χ3v) is 8.42. The third-order valence-electron chi connectivity index (χ3n) is 6.48. The fourth-order valence-electron chi connectivity index (χ4n) is 4.60. The van der Waals surface area contributed by atoms with E-state index >= 15 is 0 Å². The van der Waals surface area contributed by atoms with Gasteiger partial charge in [0.15, 0.2) is 5.13 Å². The zero-order valence-corrected chi connectivity index (χ0v) is 22.3. The van der Waals surface area contributed by atoms with Gasteiger partial charge in [-0.15, -0.1) is 22.7 Å². The van der Waals surface area contributed by atoms with E-state index in [2.05, 4.69) is 37.7 Å². The van der Waals surface area contributed by atoms with Gasteiger partial charge in [0.1, 0.15) is 10.7 Å². The largest absolute Gasteiger partial charge is 0.356 e. The molecule has 3 aromatic heterocycles. The Morgan fingerprint density at radius 3 is 2.70 bits per heavy atom. The van der Waals surface area contributed by atoms with Crippen LogP contribution in [0.2, 0.25) is 0 Å². The fraction of sp³-hybridized carbons (Fsp3) is 0.370. The second kappa shape index (κ2) is 11.4. The number of H-pyrrole nitrogens is 1. The zero-order chi connectivity index (χ0) is 25.8. The summed E-state index contributed by atoms with van der Waals surface area (Å²) in [6.45, 7) is 2.19. The topological polar surface area (TPSA) is 117 Å². The fourth-order valence-corrected chi connectivity index (χ4v) is 6.62. The molecule has 4 aromatic rings. The van der Waals surface area contributed by atoms with Gasteiger partial charge in [0, 0.05) is 42.1 Å². The molecule has 5 rings (SSSR count). The number of carbonyl (C=O) groups excluding carboxylic acids is 2. The smallest absolute Gasteiger partial charge is 0.259 e. The van der Waals surface area contributed by atoms with E-state index in [-0.39, 0.29) is 23.8 Å². The number of thiazole rings is 1. The number of aryl methyl sites for hydroxylation is 4. The molecular formula is C27H29N5O3S2. The molecule has 0 unspecified atom stereocenters. The van der Waals surface area contributed by atoms with Crippen molar-refractivity contribution in [3.63, 3.8) is 0 Å². The molecule has 10 heteroatoms. The maximum Gasteiger partial charge on any atom is 0.259 e. The lowest BCUT2D eigenvalue weighted by molar-refractivity contribution is -0.119. The van der Waals surface area contributed by atoms with Gasteiger partial charge in [0.2, 0.25) is 11.8 Å². The highest BCUT2D eigenvalue weighted by Gasteiger charge is 2.20. The second-order valence-electron chi connectivity index (χ2n) is 9.27. The van der Waals surface area contributed by atoms with Crippen molar-refractivity contribution in [2.75, 3.05) is 11.9 Å². The van der Waals surface area contributed by atoms with Crippen LogP contribution in [-0.4, -0.2) is 33.3 Å². The van der Waals surface area contributed by atoms with E-state index in [0.29, 0.717) is 23.9 Å². The summed E-state index contributed by atoms with van der Waals surface area (Å²) in [6, 6.07) is 8.18. The Balaban J connectivity index is 1.15. The minimum Gasteiger partial charge on any atom is -0.356 e. The summed E-state index contributed by atoms with van der Waals surface area (Å²) in [6.07, 6.45) is 6.60. The number of rotatable bonds is 9. The van der Waals surface area contributed by atoms with Gasteiger partial charge in [0.05, 0.1) is 11.1 Å². The molecule has 8 nitrogen and oxygen atoms in total. The summed E-state index contributed by atoms with van der Waals surface area (Å²) in [7, 11) is 0. The molecule has 0 fully saturated rings. The molecule has 0 atom stereocenters. The number of aromatic nitrogens is 3. The van der Waals surface area contributed by atoms with Gasteiger partial charge in [-0.1, -0.05) is 24.3 Å². The highest BCUT2D eigenvalue weighted by Crippen LogP contribution is 2.33. The number of benzene rings is 1. The van der Waals surface area contributed by atoms with Gasteiger partial charge >= 0.3 is 0 Å². The highest BCUT2D eigenvalue weighted by molar-refractivity contribution is 7.18. The number of hydrogen-bond donors (Lipinski definition) is 3. The molecule has 37 heavy (non-hydrogen) atoms. The second-order valence-corrected chi connectivity index (χ2v) is 11.2. The van der Waals surface area contributed by atoms with Crippen LogP contribution in [0.25, 0.3) is 21.5 Å². The van der Waals surface area contributed by atoms with Crippen molar-refractivity contribution < 1.29 is 9.59 Å². The Morgan fingerprint density at radius 2 is 1.89 bits per heavy atom. The average Bonchev–Trinajstić information content (AvgIpc) is 3.50. The average molecular weight is 536 g/mol. The Morgan fingerprint density at radius 1 is 1.08 bits per heavy atom. The van der Waals surface area contributed by atoms with Gasteiger partial charge in [0.25, 0.3) is 5.56 Å². The summed E-state index contributed by atoms with van der Waals surface area (Å²) in [5.74, 6) is 0.373. The van der Waals surface area contributed by atoms with E-state index in [1.165, 1.54) is 34.3 Å². The lowest BCUT2D eigenvalue weighted by atomic mass is 9.97. The van der Waals surface area contributed by atoms with Crippen LogP contribution in [0.5, 0.6) is 0 Å². The van der Waals surface area contributed by atoms with E-state index in [9.17, 15) is 14.4 Å². The highest BCUT2D eigenvalue weighted by atomic mass is 32.1. The van der Waals surface area contributed by atoms with E-state index in [0.717, 1.165) is 60.0 Å². The SMILES string of the molecule is CC(=O)NCCCc1ccc(-c2csc(NC(=O)CCc3nc4sc5c(c4c(=O)[nH]3)CCCC5)n2)cc1. The molecule has 3 N–H and O–H groups in total. The molecular weight excluding hydrogens is 506 g/mol. The molecule has 2 amide bonds. The first-order valence-electron chi connectivity index (χ1n) is 12.6. The molecule has 0 saturated carbocycles. The van der Waals surface area contributed by atoms with E-state index in [1.54, 1.807) is 11.3 Å². The monoisotopic (exact) mass is 535 g/mol. The maximum atomic E-state index is 12.7. The molecule has 3 heterocycles. The summed E-state index contributed by atoms with van der Waals surface area (Å²) >= 11 is 3.00. The van der Waals surface area contributed by atoms with Crippen LogP contribution in [0.3, 0.4) is 0 Å². The summed E-state index contributed by atoms with van der Waals surface area (Å²) in [4.78, 5) is 50.4. The number of amides is 2. The van der Waals surface area contributed by atoms with Crippen LogP contribution < -0.4 is 16.2 Å². The molecule has 1 aromatic carbocycles. The lowest BCUT2D eigenvalue weighted by Crippen LogP contribution is -2.21. The summed E-state index contributed by atoms with van der Waals surface area (Å²) in [5.41, 5.74) is 4.06. The van der Waals surface area contributed by atoms with Crippen LogP contribution in [0.4, 0.5) is 5.13 Å². The van der Waals surface area contributed by atoms with Crippen LogP contribution in [0.1, 0.15) is 54.4 Å². The molecule has 0 radical (unpaired) electrons. The normalized spacial score (nSPS) is 12.9. The first-order chi connectivity index (χ1) is 18.0. The number of anilines is 1. The molecule has 0 saturated heterocycles. The van der Waals surface area contributed by atoms with Crippen LogP contribution in [0.15, 0.2) is 34.4 Å². The minimum absolute atomic E-state index is 0.00805. The molecule has 1 aliphatic carbocycles. The number of aromatic amines is 1. The quantitative estimate of drug-likeness (QED) is 0.270. The Hall–Kier alpha value is -3.37. The van der Waals surface area contributed by atoms with Crippen molar-refractivity contribution in [2.45, 2.75) is 58.3 Å². The Labute approximate surface area is 222 Å². The predicted octanol–water partition coefficient (Wildman–Crippen LogP) is 4.63. The number of carbonyl (C=O) groups is 2. The van der Waals surface area contributed by atoms with Crippen molar-refractivity contribution in [1.29, 1.82) is 0 Å². The molecule has 192 valence electrons. The van der Waals surface area contributed by atoms with Crippen LogP contribution in [0, 0.1) is 0 Å². The minimum atomic E-state index is -0.163. The van der Waals surface area contributed by atoms with Crippen molar-refractivity contribution in [1.82, 2.24) is 20.3 Å². The molecule has 0 spiro atoms. The van der Waals surface area contributed by atoms with E-state index in [4.69, 9.17) is 0 Å². The standard InChI is InChI=1S/C27H29N5O3S2/c1-16(33)28-14-4-5-17-8-10-18(11-9-17)20-15-36-27(29-20)32-23(34)13-12-22-30-25(35)24-19-6-2-3-7-21(19)37-26(24)31-22/h8-11,15H,2-7,12-14H2,1H3,(H,28,33)(H,29,32,34)(H,30,31,35). The molecule has 0 bridgehead atoms. The van der Waals surface area contributed by atoms with Crippen LogP contribution in [-0.2, 0) is 35.3 Å². The number of fused-ring (bicyclic) bond motifs is 3. The maximum absolute atomic E-state index is 12.7. The summed E-state index contributed by atoms with van der Waals surface area (Å²) in [5, 5.41) is 8.88. The first-order valence-corrected chi connectivity index (χ1v) is 14.3.